The normalized spacial score (nSPS) is 14.8. The Hall–Kier alpha value is -1.82. The van der Waals surface area contributed by atoms with Crippen LogP contribution in [0.3, 0.4) is 0 Å². The van der Waals surface area contributed by atoms with E-state index in [1.54, 1.807) is 6.07 Å². The number of nitrogens with zero attached hydrogens (tertiary/aromatic N) is 2. The lowest BCUT2D eigenvalue weighted by Crippen LogP contribution is -2.29. The van der Waals surface area contributed by atoms with Crippen molar-refractivity contribution < 1.29 is 4.79 Å². The topological polar surface area (TPSA) is 44.1 Å². The molecule has 1 fully saturated rings. The predicted octanol–water partition coefficient (Wildman–Crippen LogP) is 1.72. The molecule has 0 N–H and O–H groups in total. The van der Waals surface area contributed by atoms with E-state index >= 15 is 0 Å². The summed E-state index contributed by atoms with van der Waals surface area (Å²) in [7, 11) is 0. The lowest BCUT2D eigenvalue weighted by Gasteiger charge is -2.15. The van der Waals surface area contributed by atoms with Crippen LogP contribution in [0.5, 0.6) is 0 Å². The van der Waals surface area contributed by atoms with Crippen LogP contribution in [0.15, 0.2) is 24.3 Å². The molecular weight excluding hydrogens is 200 g/mol. The minimum absolute atomic E-state index is 0.139. The molecule has 0 aromatic heterocycles. The SMILES string of the molecule is N#Cc1ccccc1CC(=O)N1CCCC1. The molecule has 3 heteroatoms. The number of hydrogen-bond acceptors (Lipinski definition) is 2. The predicted molar refractivity (Wildman–Crippen MR) is 60.7 cm³/mol. The summed E-state index contributed by atoms with van der Waals surface area (Å²) in [4.78, 5) is 13.8. The van der Waals surface area contributed by atoms with Crippen molar-refractivity contribution in [3.63, 3.8) is 0 Å². The highest BCUT2D eigenvalue weighted by atomic mass is 16.2. The highest BCUT2D eigenvalue weighted by Crippen LogP contribution is 2.13. The van der Waals surface area contributed by atoms with Crippen molar-refractivity contribution in [2.45, 2.75) is 19.3 Å². The summed E-state index contributed by atoms with van der Waals surface area (Å²) in [5, 5.41) is 8.92. The van der Waals surface area contributed by atoms with Gasteiger partial charge in [0.05, 0.1) is 18.1 Å². The van der Waals surface area contributed by atoms with Gasteiger partial charge in [-0.1, -0.05) is 18.2 Å². The highest BCUT2D eigenvalue weighted by molar-refractivity contribution is 5.79. The number of likely N-dealkylation sites (tertiary alicyclic amines) is 1. The van der Waals surface area contributed by atoms with E-state index in [1.165, 1.54) is 0 Å². The summed E-state index contributed by atoms with van der Waals surface area (Å²) in [5.41, 5.74) is 1.44. The Morgan fingerprint density at radius 3 is 2.69 bits per heavy atom. The second-order valence-corrected chi connectivity index (χ2v) is 4.03. The molecule has 1 aliphatic heterocycles. The largest absolute Gasteiger partial charge is 0.342 e. The van der Waals surface area contributed by atoms with Gasteiger partial charge in [0.1, 0.15) is 0 Å². The van der Waals surface area contributed by atoms with E-state index in [0.717, 1.165) is 31.5 Å². The maximum atomic E-state index is 11.9. The maximum absolute atomic E-state index is 11.9. The number of benzene rings is 1. The molecule has 0 atom stereocenters. The Labute approximate surface area is 95.3 Å². The lowest BCUT2D eigenvalue weighted by atomic mass is 10.1. The minimum atomic E-state index is 0.139. The van der Waals surface area contributed by atoms with Gasteiger partial charge in [-0.15, -0.1) is 0 Å². The maximum Gasteiger partial charge on any atom is 0.227 e. The third-order valence-electron chi connectivity index (χ3n) is 2.94. The van der Waals surface area contributed by atoms with Gasteiger partial charge in [-0.25, -0.2) is 0 Å². The van der Waals surface area contributed by atoms with Crippen molar-refractivity contribution >= 4 is 5.91 Å². The summed E-state index contributed by atoms with van der Waals surface area (Å²) in [5.74, 6) is 0.139. The van der Waals surface area contributed by atoms with Gasteiger partial charge in [0, 0.05) is 13.1 Å². The van der Waals surface area contributed by atoms with Crippen molar-refractivity contribution in [1.29, 1.82) is 5.26 Å². The van der Waals surface area contributed by atoms with Crippen LogP contribution >= 0.6 is 0 Å². The third-order valence-corrected chi connectivity index (χ3v) is 2.94. The molecule has 16 heavy (non-hydrogen) atoms. The molecule has 1 amide bonds. The van der Waals surface area contributed by atoms with E-state index in [1.807, 2.05) is 23.1 Å². The fourth-order valence-electron chi connectivity index (χ4n) is 2.02. The first-order valence-corrected chi connectivity index (χ1v) is 5.57. The van der Waals surface area contributed by atoms with Crippen molar-refractivity contribution in [3.05, 3.63) is 35.4 Å². The molecule has 1 aromatic carbocycles. The summed E-state index contributed by atoms with van der Waals surface area (Å²) in [6.07, 6.45) is 2.56. The quantitative estimate of drug-likeness (QED) is 0.752. The molecule has 0 radical (unpaired) electrons. The zero-order chi connectivity index (χ0) is 11.4. The summed E-state index contributed by atoms with van der Waals surface area (Å²) in [6, 6.07) is 9.42. The summed E-state index contributed by atoms with van der Waals surface area (Å²) >= 11 is 0. The van der Waals surface area contributed by atoms with Crippen LogP contribution in [0, 0.1) is 11.3 Å². The first-order valence-electron chi connectivity index (χ1n) is 5.57. The zero-order valence-electron chi connectivity index (χ0n) is 9.15. The first-order chi connectivity index (χ1) is 7.81. The molecule has 82 valence electrons. The molecule has 3 nitrogen and oxygen atoms in total. The standard InChI is InChI=1S/C13H14N2O/c14-10-12-6-2-1-5-11(12)9-13(16)15-7-3-4-8-15/h1-2,5-6H,3-4,7-9H2. The summed E-state index contributed by atoms with van der Waals surface area (Å²) in [6.45, 7) is 1.74. The van der Waals surface area contributed by atoms with Crippen molar-refractivity contribution in [2.75, 3.05) is 13.1 Å². The Bertz CT molecular complexity index is 428. The third kappa shape index (κ3) is 2.22. The number of rotatable bonds is 2. The van der Waals surface area contributed by atoms with E-state index in [4.69, 9.17) is 5.26 Å². The first kappa shape index (κ1) is 10.7. The van der Waals surface area contributed by atoms with Gasteiger partial charge in [0.25, 0.3) is 0 Å². The zero-order valence-corrected chi connectivity index (χ0v) is 9.15. The Morgan fingerprint density at radius 1 is 1.31 bits per heavy atom. The molecule has 1 aliphatic rings. The van der Waals surface area contributed by atoms with E-state index in [9.17, 15) is 4.79 Å². The Morgan fingerprint density at radius 2 is 2.00 bits per heavy atom. The van der Waals surface area contributed by atoms with Crippen LogP contribution < -0.4 is 0 Å². The number of amides is 1. The van der Waals surface area contributed by atoms with E-state index in [-0.39, 0.29) is 5.91 Å². The molecule has 1 aromatic rings. The number of carbonyl (C=O) groups excluding carboxylic acids is 1. The van der Waals surface area contributed by atoms with Crippen LogP contribution in [0.25, 0.3) is 0 Å². The molecule has 0 unspecified atom stereocenters. The number of nitriles is 1. The van der Waals surface area contributed by atoms with E-state index < -0.39 is 0 Å². The molecule has 0 saturated carbocycles. The van der Waals surface area contributed by atoms with Crippen LogP contribution in [-0.2, 0) is 11.2 Å². The number of carbonyl (C=O) groups is 1. The second-order valence-electron chi connectivity index (χ2n) is 4.03. The van der Waals surface area contributed by atoms with Gasteiger partial charge in [-0.3, -0.25) is 4.79 Å². The highest BCUT2D eigenvalue weighted by Gasteiger charge is 2.18. The smallest absolute Gasteiger partial charge is 0.227 e. The van der Waals surface area contributed by atoms with Gasteiger partial charge in [0.2, 0.25) is 5.91 Å². The van der Waals surface area contributed by atoms with Gasteiger partial charge in [-0.2, -0.15) is 5.26 Å². The Balaban J connectivity index is 2.08. The number of hydrogen-bond donors (Lipinski definition) is 0. The fourth-order valence-corrected chi connectivity index (χ4v) is 2.02. The molecule has 0 spiro atoms. The molecular formula is C13H14N2O. The van der Waals surface area contributed by atoms with Gasteiger partial charge in [0.15, 0.2) is 0 Å². The van der Waals surface area contributed by atoms with Crippen LogP contribution in [0.1, 0.15) is 24.0 Å². The van der Waals surface area contributed by atoms with Gasteiger partial charge >= 0.3 is 0 Å². The van der Waals surface area contributed by atoms with Crippen LogP contribution in [-0.4, -0.2) is 23.9 Å². The average Bonchev–Trinajstić information content (AvgIpc) is 2.83. The lowest BCUT2D eigenvalue weighted by molar-refractivity contribution is -0.129. The molecule has 0 bridgehead atoms. The van der Waals surface area contributed by atoms with Crippen molar-refractivity contribution in [1.82, 2.24) is 4.90 Å². The molecule has 1 heterocycles. The molecule has 1 saturated heterocycles. The van der Waals surface area contributed by atoms with Crippen LogP contribution in [0.4, 0.5) is 0 Å². The van der Waals surface area contributed by atoms with Crippen molar-refractivity contribution in [2.24, 2.45) is 0 Å². The van der Waals surface area contributed by atoms with E-state index in [2.05, 4.69) is 6.07 Å². The Kier molecular flexibility index (Phi) is 3.21. The van der Waals surface area contributed by atoms with Gasteiger partial charge < -0.3 is 4.90 Å². The second kappa shape index (κ2) is 4.80. The van der Waals surface area contributed by atoms with Crippen molar-refractivity contribution in [3.8, 4) is 6.07 Å². The van der Waals surface area contributed by atoms with E-state index in [0.29, 0.717) is 12.0 Å². The molecule has 2 rings (SSSR count). The molecule has 0 aliphatic carbocycles. The monoisotopic (exact) mass is 214 g/mol. The fraction of sp³-hybridized carbons (Fsp3) is 0.385. The minimum Gasteiger partial charge on any atom is -0.342 e. The van der Waals surface area contributed by atoms with Gasteiger partial charge in [-0.05, 0) is 24.5 Å². The average molecular weight is 214 g/mol. The summed E-state index contributed by atoms with van der Waals surface area (Å²) < 4.78 is 0. The van der Waals surface area contributed by atoms with Crippen LogP contribution in [0.2, 0.25) is 0 Å².